The Hall–Kier alpha value is -1.43. The first-order chi connectivity index (χ1) is 9.20. The molecule has 0 atom stereocenters. The zero-order chi connectivity index (χ0) is 13.3. The van der Waals surface area contributed by atoms with Crippen LogP contribution in [0, 0.1) is 5.41 Å². The van der Waals surface area contributed by atoms with Crippen molar-refractivity contribution in [1.82, 2.24) is 4.98 Å². The maximum atomic E-state index is 9.28. The van der Waals surface area contributed by atoms with Crippen LogP contribution in [0.1, 0.15) is 6.92 Å². The van der Waals surface area contributed by atoms with Gasteiger partial charge in [-0.15, -0.1) is 0 Å². The molecule has 19 heavy (non-hydrogen) atoms. The zero-order valence-corrected chi connectivity index (χ0v) is 10.9. The molecule has 0 radical (unpaired) electrons. The van der Waals surface area contributed by atoms with Gasteiger partial charge in [0, 0.05) is 30.3 Å². The van der Waals surface area contributed by atoms with Crippen molar-refractivity contribution in [3.05, 3.63) is 36.5 Å². The maximum absolute atomic E-state index is 9.28. The lowest BCUT2D eigenvalue weighted by Crippen LogP contribution is -2.49. The van der Waals surface area contributed by atoms with Crippen LogP contribution in [0.15, 0.2) is 36.5 Å². The third-order valence-corrected chi connectivity index (χ3v) is 3.43. The lowest BCUT2D eigenvalue weighted by atomic mass is 9.76. The second-order valence-electron chi connectivity index (χ2n) is 5.38. The van der Waals surface area contributed by atoms with Gasteiger partial charge in [0.2, 0.25) is 0 Å². The minimum Gasteiger partial charge on any atom is -0.406 e. The Morgan fingerprint density at radius 1 is 1.32 bits per heavy atom. The van der Waals surface area contributed by atoms with E-state index in [0.717, 1.165) is 16.4 Å². The van der Waals surface area contributed by atoms with Gasteiger partial charge in [0.1, 0.15) is 0 Å². The van der Waals surface area contributed by atoms with E-state index in [2.05, 4.69) is 4.98 Å². The van der Waals surface area contributed by atoms with Gasteiger partial charge in [-0.1, -0.05) is 31.2 Å². The fraction of sp³-hybridized carbons (Fsp3) is 0.357. The summed E-state index contributed by atoms with van der Waals surface area (Å²) in [6, 6.07) is 9.99. The van der Waals surface area contributed by atoms with Gasteiger partial charge in [-0.2, -0.15) is 0 Å². The van der Waals surface area contributed by atoms with Crippen molar-refractivity contribution in [2.45, 2.75) is 6.92 Å². The Morgan fingerprint density at radius 2 is 2.05 bits per heavy atom. The first-order valence-corrected chi connectivity index (χ1v) is 6.39. The van der Waals surface area contributed by atoms with Crippen molar-refractivity contribution >= 4 is 23.5 Å². The van der Waals surface area contributed by atoms with E-state index in [9.17, 15) is 5.11 Å². The SMILES string of the molecule is CC1(CO)COB(c2cnc3ccccc3c2)OC1. The minimum atomic E-state index is -0.392. The molecule has 1 saturated heterocycles. The first-order valence-electron chi connectivity index (χ1n) is 6.39. The lowest BCUT2D eigenvalue weighted by Gasteiger charge is -2.34. The van der Waals surface area contributed by atoms with Gasteiger partial charge in [0.15, 0.2) is 0 Å². The molecular formula is C14H16BNO3. The van der Waals surface area contributed by atoms with Crippen LogP contribution in [-0.4, -0.2) is 37.0 Å². The summed E-state index contributed by atoms with van der Waals surface area (Å²) in [6.07, 6.45) is 1.79. The molecule has 1 fully saturated rings. The molecule has 1 aromatic heterocycles. The molecule has 0 unspecified atom stereocenters. The van der Waals surface area contributed by atoms with Crippen LogP contribution in [0.25, 0.3) is 10.9 Å². The average molecular weight is 257 g/mol. The highest BCUT2D eigenvalue weighted by molar-refractivity contribution is 6.61. The molecule has 0 bridgehead atoms. The van der Waals surface area contributed by atoms with E-state index < -0.39 is 7.12 Å². The van der Waals surface area contributed by atoms with E-state index in [1.165, 1.54) is 0 Å². The minimum absolute atomic E-state index is 0.0652. The number of aromatic nitrogens is 1. The fourth-order valence-corrected chi connectivity index (χ4v) is 2.14. The zero-order valence-electron chi connectivity index (χ0n) is 10.9. The number of rotatable bonds is 2. The van der Waals surface area contributed by atoms with Crippen molar-refractivity contribution in [3.63, 3.8) is 0 Å². The van der Waals surface area contributed by atoms with Gasteiger partial charge in [0.25, 0.3) is 0 Å². The molecule has 3 rings (SSSR count). The number of nitrogens with zero attached hydrogens (tertiary/aromatic N) is 1. The van der Waals surface area contributed by atoms with Crippen molar-refractivity contribution in [3.8, 4) is 0 Å². The first kappa shape index (κ1) is 12.6. The Kier molecular flexibility index (Phi) is 3.27. The van der Waals surface area contributed by atoms with Crippen LogP contribution in [0.4, 0.5) is 0 Å². The molecular weight excluding hydrogens is 241 g/mol. The van der Waals surface area contributed by atoms with Gasteiger partial charge in [-0.05, 0) is 11.5 Å². The molecule has 1 aliphatic rings. The molecule has 1 N–H and O–H groups in total. The highest BCUT2D eigenvalue weighted by atomic mass is 16.6. The molecule has 0 saturated carbocycles. The van der Waals surface area contributed by atoms with E-state index >= 15 is 0 Å². The predicted octanol–water partition coefficient (Wildman–Crippen LogP) is 0.975. The van der Waals surface area contributed by atoms with E-state index in [4.69, 9.17) is 9.31 Å². The molecule has 1 aromatic carbocycles. The summed E-state index contributed by atoms with van der Waals surface area (Å²) < 4.78 is 11.4. The third kappa shape index (κ3) is 2.49. The number of pyridine rings is 1. The van der Waals surface area contributed by atoms with Crippen LogP contribution < -0.4 is 5.46 Å². The Bertz CT molecular complexity index is 582. The summed E-state index contributed by atoms with van der Waals surface area (Å²) in [5.74, 6) is 0. The number of aliphatic hydroxyl groups excluding tert-OH is 1. The smallest absolute Gasteiger partial charge is 0.406 e. The molecule has 0 spiro atoms. The summed E-state index contributed by atoms with van der Waals surface area (Å²) in [5.41, 5.74) is 1.57. The van der Waals surface area contributed by atoms with E-state index in [-0.39, 0.29) is 12.0 Å². The second kappa shape index (κ2) is 4.92. The highest BCUT2D eigenvalue weighted by Gasteiger charge is 2.36. The molecule has 0 aliphatic carbocycles. The van der Waals surface area contributed by atoms with E-state index in [1.807, 2.05) is 37.3 Å². The van der Waals surface area contributed by atoms with Gasteiger partial charge in [0.05, 0.1) is 12.1 Å². The average Bonchev–Trinajstić information content (AvgIpc) is 2.47. The molecule has 5 heteroatoms. The summed E-state index contributed by atoms with van der Waals surface area (Å²) in [6.45, 7) is 2.99. The number of fused-ring (bicyclic) bond motifs is 1. The van der Waals surface area contributed by atoms with Gasteiger partial charge in [-0.25, -0.2) is 0 Å². The van der Waals surface area contributed by atoms with Crippen molar-refractivity contribution in [1.29, 1.82) is 0 Å². The topological polar surface area (TPSA) is 51.6 Å². The molecule has 98 valence electrons. The normalized spacial score (nSPS) is 18.7. The van der Waals surface area contributed by atoms with Gasteiger partial charge < -0.3 is 14.4 Å². The Morgan fingerprint density at radius 3 is 2.79 bits per heavy atom. The molecule has 4 nitrogen and oxygen atoms in total. The summed E-state index contributed by atoms with van der Waals surface area (Å²) in [7, 11) is -0.392. The van der Waals surface area contributed by atoms with Crippen molar-refractivity contribution in [2.24, 2.45) is 5.41 Å². The Balaban J connectivity index is 1.82. The van der Waals surface area contributed by atoms with Gasteiger partial charge in [-0.3, -0.25) is 4.98 Å². The Labute approximate surface area is 112 Å². The van der Waals surface area contributed by atoms with Crippen LogP contribution in [0.3, 0.4) is 0 Å². The van der Waals surface area contributed by atoms with Crippen LogP contribution >= 0.6 is 0 Å². The van der Waals surface area contributed by atoms with Crippen LogP contribution in [0.5, 0.6) is 0 Å². The van der Waals surface area contributed by atoms with E-state index in [1.54, 1.807) is 6.20 Å². The van der Waals surface area contributed by atoms with Gasteiger partial charge >= 0.3 is 7.12 Å². The molecule has 2 aromatic rings. The lowest BCUT2D eigenvalue weighted by molar-refractivity contribution is -0.0145. The number of benzene rings is 1. The highest BCUT2D eigenvalue weighted by Crippen LogP contribution is 2.22. The molecule has 0 amide bonds. The third-order valence-electron chi connectivity index (χ3n) is 3.43. The van der Waals surface area contributed by atoms with E-state index in [0.29, 0.717) is 13.2 Å². The van der Waals surface area contributed by atoms with Crippen molar-refractivity contribution in [2.75, 3.05) is 19.8 Å². The number of para-hydroxylation sites is 1. The number of hydrogen-bond acceptors (Lipinski definition) is 4. The van der Waals surface area contributed by atoms with Crippen LogP contribution in [-0.2, 0) is 9.31 Å². The quantitative estimate of drug-likeness (QED) is 0.814. The standard InChI is InChI=1S/C14H16BNO3/c1-14(8-17)9-18-15(19-10-14)12-6-11-4-2-3-5-13(11)16-7-12/h2-7,17H,8-10H2,1H3. The molecule has 2 heterocycles. The van der Waals surface area contributed by atoms with Crippen LogP contribution in [0.2, 0.25) is 0 Å². The summed E-state index contributed by atoms with van der Waals surface area (Å²) >= 11 is 0. The largest absolute Gasteiger partial charge is 0.495 e. The fourth-order valence-electron chi connectivity index (χ4n) is 2.14. The maximum Gasteiger partial charge on any atom is 0.495 e. The number of aliphatic hydroxyl groups is 1. The predicted molar refractivity (Wildman–Crippen MR) is 74.2 cm³/mol. The molecule has 1 aliphatic heterocycles. The summed E-state index contributed by atoms with van der Waals surface area (Å²) in [4.78, 5) is 4.40. The van der Waals surface area contributed by atoms with Crippen molar-refractivity contribution < 1.29 is 14.4 Å². The summed E-state index contributed by atoms with van der Waals surface area (Å²) in [5, 5.41) is 10.3. The number of hydrogen-bond donors (Lipinski definition) is 1. The monoisotopic (exact) mass is 257 g/mol. The second-order valence-corrected chi connectivity index (χ2v) is 5.38.